The third kappa shape index (κ3) is 5.23. The molecule has 0 saturated carbocycles. The molecule has 33 heavy (non-hydrogen) atoms. The van der Waals surface area contributed by atoms with Gasteiger partial charge in [-0.3, -0.25) is 9.36 Å². The van der Waals surface area contributed by atoms with E-state index in [4.69, 9.17) is 18.9 Å². The quantitative estimate of drug-likeness (QED) is 0.351. The fourth-order valence-electron chi connectivity index (χ4n) is 3.27. The Balaban J connectivity index is 1.41. The molecule has 0 spiro atoms. The lowest BCUT2D eigenvalue weighted by atomic mass is 10.3. The molecule has 2 aromatic carbocycles. The van der Waals surface area contributed by atoms with Gasteiger partial charge in [-0.25, -0.2) is 0 Å². The average Bonchev–Trinajstić information content (AvgIpc) is 3.45. The van der Waals surface area contributed by atoms with Crippen molar-refractivity contribution in [2.24, 2.45) is 0 Å². The highest BCUT2D eigenvalue weighted by molar-refractivity contribution is 7.99. The Morgan fingerprint density at radius 2 is 2.03 bits per heavy atom. The number of nitrogens with one attached hydrogen (secondary N) is 1. The summed E-state index contributed by atoms with van der Waals surface area (Å²) < 4.78 is 23.9. The normalized spacial score (nSPS) is 12.8. The second-order valence-electron chi connectivity index (χ2n) is 7.06. The summed E-state index contributed by atoms with van der Waals surface area (Å²) in [6, 6.07) is 12.7. The number of hydrogen-bond donors (Lipinski definition) is 1. The summed E-state index contributed by atoms with van der Waals surface area (Å²) >= 11 is 1.29. The van der Waals surface area contributed by atoms with Gasteiger partial charge in [-0.05, 0) is 31.2 Å². The molecular formula is C23H24N4O5S. The van der Waals surface area contributed by atoms with Gasteiger partial charge in [-0.2, -0.15) is 0 Å². The number of para-hydroxylation sites is 2. The number of fused-ring (bicyclic) bond motifs is 1. The molecule has 9 nitrogen and oxygen atoms in total. The lowest BCUT2D eigenvalue weighted by molar-refractivity contribution is -0.113. The van der Waals surface area contributed by atoms with E-state index in [0.29, 0.717) is 46.2 Å². The maximum absolute atomic E-state index is 12.5. The SMILES string of the molecule is C=CCn1c(SCC(=O)Nc2ccc3c(c2)OCO3)nnc1C(C)Oc1ccccc1OC. The van der Waals surface area contributed by atoms with Crippen molar-refractivity contribution in [3.8, 4) is 23.0 Å². The van der Waals surface area contributed by atoms with Crippen LogP contribution in [0.25, 0.3) is 0 Å². The summed E-state index contributed by atoms with van der Waals surface area (Å²) in [5, 5.41) is 12.0. The van der Waals surface area contributed by atoms with E-state index in [9.17, 15) is 4.79 Å². The van der Waals surface area contributed by atoms with Gasteiger partial charge in [0, 0.05) is 18.3 Å². The van der Waals surface area contributed by atoms with Crippen LogP contribution >= 0.6 is 11.8 Å². The number of aromatic nitrogens is 3. The molecule has 1 aromatic heterocycles. The Bertz CT molecular complexity index is 1150. The van der Waals surface area contributed by atoms with Gasteiger partial charge < -0.3 is 24.3 Å². The minimum Gasteiger partial charge on any atom is -0.493 e. The molecule has 2 heterocycles. The average molecular weight is 469 g/mol. The zero-order valence-electron chi connectivity index (χ0n) is 18.3. The Kier molecular flexibility index (Phi) is 7.04. The number of ether oxygens (including phenoxy) is 4. The van der Waals surface area contributed by atoms with E-state index in [1.54, 1.807) is 31.4 Å². The Labute approximate surface area is 195 Å². The summed E-state index contributed by atoms with van der Waals surface area (Å²) in [5.41, 5.74) is 0.636. The minimum atomic E-state index is -0.398. The van der Waals surface area contributed by atoms with Crippen LogP contribution in [0.15, 0.2) is 60.3 Å². The maximum atomic E-state index is 12.5. The van der Waals surface area contributed by atoms with Crippen molar-refractivity contribution in [2.75, 3.05) is 25.0 Å². The Morgan fingerprint density at radius 1 is 1.24 bits per heavy atom. The second kappa shape index (κ2) is 10.3. The number of amides is 1. The summed E-state index contributed by atoms with van der Waals surface area (Å²) in [4.78, 5) is 12.5. The van der Waals surface area contributed by atoms with Crippen molar-refractivity contribution in [2.45, 2.75) is 24.7 Å². The minimum absolute atomic E-state index is 0.158. The zero-order valence-corrected chi connectivity index (χ0v) is 19.1. The number of carbonyl (C=O) groups is 1. The van der Waals surface area contributed by atoms with Gasteiger partial charge in [0.1, 0.15) is 0 Å². The zero-order chi connectivity index (χ0) is 23.2. The van der Waals surface area contributed by atoms with Crippen molar-refractivity contribution in [1.82, 2.24) is 14.8 Å². The molecule has 0 bridgehead atoms. The first-order valence-corrected chi connectivity index (χ1v) is 11.2. The van der Waals surface area contributed by atoms with Gasteiger partial charge in [-0.1, -0.05) is 30.0 Å². The fraction of sp³-hybridized carbons (Fsp3) is 0.261. The summed E-state index contributed by atoms with van der Waals surface area (Å²) in [5.74, 6) is 3.13. The van der Waals surface area contributed by atoms with E-state index in [0.717, 1.165) is 0 Å². The van der Waals surface area contributed by atoms with Crippen LogP contribution in [0.5, 0.6) is 23.0 Å². The van der Waals surface area contributed by atoms with Gasteiger partial charge in [0.2, 0.25) is 12.7 Å². The van der Waals surface area contributed by atoms with Gasteiger partial charge in [0.25, 0.3) is 0 Å². The van der Waals surface area contributed by atoms with Crippen molar-refractivity contribution in [1.29, 1.82) is 0 Å². The highest BCUT2D eigenvalue weighted by atomic mass is 32.2. The first kappa shape index (κ1) is 22.5. The molecule has 1 aliphatic heterocycles. The molecular weight excluding hydrogens is 444 g/mol. The molecule has 1 amide bonds. The van der Waals surface area contributed by atoms with Crippen molar-refractivity contribution < 1.29 is 23.7 Å². The third-order valence-electron chi connectivity index (χ3n) is 4.78. The highest BCUT2D eigenvalue weighted by Gasteiger charge is 2.21. The number of allylic oxidation sites excluding steroid dienone is 1. The van der Waals surface area contributed by atoms with Gasteiger partial charge in [0.15, 0.2) is 40.1 Å². The lowest BCUT2D eigenvalue weighted by Gasteiger charge is -2.17. The summed E-state index contributed by atoms with van der Waals surface area (Å²) in [7, 11) is 1.59. The molecule has 0 fully saturated rings. The van der Waals surface area contributed by atoms with Crippen molar-refractivity contribution in [3.63, 3.8) is 0 Å². The first-order valence-electron chi connectivity index (χ1n) is 10.2. The standard InChI is InChI=1S/C23H24N4O5S/c1-4-11-27-22(15(2)32-19-8-6-5-7-17(19)29-3)25-26-23(27)33-13-21(28)24-16-9-10-18-20(12-16)31-14-30-18/h4-10,12,15H,1,11,13-14H2,2-3H3,(H,24,28). The molecule has 3 aromatic rings. The van der Waals surface area contributed by atoms with Crippen LogP contribution in [-0.2, 0) is 11.3 Å². The highest BCUT2D eigenvalue weighted by Crippen LogP contribution is 2.34. The molecule has 10 heteroatoms. The summed E-state index contributed by atoms with van der Waals surface area (Å²) in [6.45, 7) is 6.37. The predicted octanol–water partition coefficient (Wildman–Crippen LogP) is 4.07. The number of methoxy groups -OCH3 is 1. The van der Waals surface area contributed by atoms with E-state index in [-0.39, 0.29) is 18.5 Å². The van der Waals surface area contributed by atoms with Crippen LogP contribution in [0.1, 0.15) is 18.9 Å². The molecule has 1 N–H and O–H groups in total. The first-order chi connectivity index (χ1) is 16.1. The van der Waals surface area contributed by atoms with E-state index in [2.05, 4.69) is 22.1 Å². The van der Waals surface area contributed by atoms with Crippen LogP contribution in [0.2, 0.25) is 0 Å². The molecule has 0 aliphatic carbocycles. The molecule has 1 atom stereocenters. The number of anilines is 1. The number of rotatable bonds is 10. The lowest BCUT2D eigenvalue weighted by Crippen LogP contribution is -2.15. The van der Waals surface area contributed by atoms with Gasteiger partial charge in [0.05, 0.1) is 12.9 Å². The molecule has 172 valence electrons. The number of carbonyl (C=O) groups excluding carboxylic acids is 1. The molecule has 1 unspecified atom stereocenters. The van der Waals surface area contributed by atoms with E-state index in [1.807, 2.05) is 35.8 Å². The smallest absolute Gasteiger partial charge is 0.234 e. The predicted molar refractivity (Wildman–Crippen MR) is 124 cm³/mol. The largest absolute Gasteiger partial charge is 0.493 e. The van der Waals surface area contributed by atoms with Crippen LogP contribution < -0.4 is 24.3 Å². The van der Waals surface area contributed by atoms with Crippen LogP contribution in [-0.4, -0.2) is 40.3 Å². The molecule has 1 aliphatic rings. The van der Waals surface area contributed by atoms with Crippen molar-refractivity contribution in [3.05, 3.63) is 60.9 Å². The van der Waals surface area contributed by atoms with Crippen LogP contribution in [0, 0.1) is 0 Å². The third-order valence-corrected chi connectivity index (χ3v) is 5.75. The molecule has 0 radical (unpaired) electrons. The number of benzene rings is 2. The number of nitrogens with zero attached hydrogens (tertiary/aromatic N) is 3. The molecule has 4 rings (SSSR count). The molecule has 0 saturated heterocycles. The Morgan fingerprint density at radius 3 is 2.82 bits per heavy atom. The van der Waals surface area contributed by atoms with Crippen molar-refractivity contribution >= 4 is 23.4 Å². The van der Waals surface area contributed by atoms with Gasteiger partial charge in [-0.15, -0.1) is 16.8 Å². The number of hydrogen-bond acceptors (Lipinski definition) is 8. The maximum Gasteiger partial charge on any atom is 0.234 e. The van der Waals surface area contributed by atoms with Crippen LogP contribution in [0.4, 0.5) is 5.69 Å². The van der Waals surface area contributed by atoms with E-state index >= 15 is 0 Å². The van der Waals surface area contributed by atoms with Crippen LogP contribution in [0.3, 0.4) is 0 Å². The van der Waals surface area contributed by atoms with Gasteiger partial charge >= 0.3 is 0 Å². The second-order valence-corrected chi connectivity index (χ2v) is 8.00. The van der Waals surface area contributed by atoms with E-state index in [1.165, 1.54) is 11.8 Å². The Hall–Kier alpha value is -3.66. The van der Waals surface area contributed by atoms with E-state index < -0.39 is 6.10 Å². The number of thioether (sulfide) groups is 1. The monoisotopic (exact) mass is 468 g/mol. The fourth-order valence-corrected chi connectivity index (χ4v) is 4.02. The topological polar surface area (TPSA) is 96.7 Å². The summed E-state index contributed by atoms with van der Waals surface area (Å²) in [6.07, 6.45) is 1.35.